The summed E-state index contributed by atoms with van der Waals surface area (Å²) in [6, 6.07) is 8.70. The Morgan fingerprint density at radius 1 is 0.897 bits per heavy atom. The molecule has 0 spiro atoms. The Labute approximate surface area is 171 Å². The molecule has 8 heteroatoms. The lowest BCUT2D eigenvalue weighted by Crippen LogP contribution is -2.29. The molecule has 0 amide bonds. The van der Waals surface area contributed by atoms with Crippen molar-refractivity contribution < 1.29 is 23.1 Å². The third-order valence-electron chi connectivity index (χ3n) is 3.96. The standard InChI is InChI=1S/C21H30NO6P/c1-5-14-25-18-11-9-10-16(20(18)26-15-6-2)17-12-13-19(21(23)22-17)29(24,27-7-3)28-8-4/h9-13H,5-8,14-15H2,1-4H3,(H,22,23). The Morgan fingerprint density at radius 3 is 2.14 bits per heavy atom. The summed E-state index contributed by atoms with van der Waals surface area (Å²) < 4.78 is 35.3. The van der Waals surface area contributed by atoms with Crippen LogP contribution in [0.2, 0.25) is 0 Å². The summed E-state index contributed by atoms with van der Waals surface area (Å²) in [4.78, 5) is 15.5. The van der Waals surface area contributed by atoms with Crippen LogP contribution in [0.4, 0.5) is 0 Å². The van der Waals surface area contributed by atoms with E-state index in [4.69, 9.17) is 18.5 Å². The molecule has 0 saturated carbocycles. The van der Waals surface area contributed by atoms with Gasteiger partial charge in [0.1, 0.15) is 5.30 Å². The van der Waals surface area contributed by atoms with Crippen LogP contribution >= 0.6 is 7.60 Å². The Bertz CT molecular complexity index is 885. The van der Waals surface area contributed by atoms with Crippen LogP contribution < -0.4 is 20.3 Å². The number of nitrogens with one attached hydrogen (secondary N) is 1. The van der Waals surface area contributed by atoms with Crippen molar-refractivity contribution in [2.24, 2.45) is 0 Å². The largest absolute Gasteiger partial charge is 0.490 e. The summed E-state index contributed by atoms with van der Waals surface area (Å²) >= 11 is 0. The second-order valence-corrected chi connectivity index (χ2v) is 8.24. The fourth-order valence-electron chi connectivity index (χ4n) is 2.76. The quantitative estimate of drug-likeness (QED) is 0.506. The molecule has 0 aliphatic rings. The zero-order valence-corrected chi connectivity index (χ0v) is 18.4. The van der Waals surface area contributed by atoms with Crippen LogP contribution in [0.25, 0.3) is 11.3 Å². The SMILES string of the molecule is CCCOc1cccc(-c2ccc(P(=O)(OCC)OCC)c(=O)[nH]2)c1OCCC. The molecule has 0 saturated heterocycles. The number of aromatic amines is 1. The number of benzene rings is 1. The zero-order chi connectivity index (χ0) is 21.3. The van der Waals surface area contributed by atoms with Gasteiger partial charge in [-0.05, 0) is 51.0 Å². The first-order chi connectivity index (χ1) is 14.0. The number of H-pyrrole nitrogens is 1. The molecule has 2 rings (SSSR count). The smallest absolute Gasteiger partial charge is 0.366 e. The van der Waals surface area contributed by atoms with Crippen molar-refractivity contribution in [2.45, 2.75) is 40.5 Å². The molecule has 0 aliphatic heterocycles. The van der Waals surface area contributed by atoms with Crippen molar-refractivity contribution in [3.8, 4) is 22.8 Å². The van der Waals surface area contributed by atoms with Crippen molar-refractivity contribution in [2.75, 3.05) is 26.4 Å². The first-order valence-electron chi connectivity index (χ1n) is 10.0. The number of hydrogen-bond donors (Lipinski definition) is 1. The third-order valence-corrected chi connectivity index (χ3v) is 6.10. The Morgan fingerprint density at radius 2 is 1.55 bits per heavy atom. The van der Waals surface area contributed by atoms with Gasteiger partial charge in [-0.1, -0.05) is 19.9 Å². The fraction of sp³-hybridized carbons (Fsp3) is 0.476. The van der Waals surface area contributed by atoms with Crippen LogP contribution in [0.3, 0.4) is 0 Å². The Balaban J connectivity index is 2.51. The molecular formula is C21H30NO6P. The van der Waals surface area contributed by atoms with Gasteiger partial charge in [-0.3, -0.25) is 9.36 Å². The van der Waals surface area contributed by atoms with Crippen LogP contribution in [0.15, 0.2) is 35.1 Å². The lowest BCUT2D eigenvalue weighted by atomic mass is 10.1. The van der Waals surface area contributed by atoms with Gasteiger partial charge in [-0.15, -0.1) is 0 Å². The van der Waals surface area contributed by atoms with Crippen molar-refractivity contribution >= 4 is 12.9 Å². The zero-order valence-electron chi connectivity index (χ0n) is 17.5. The van der Waals surface area contributed by atoms with E-state index < -0.39 is 13.2 Å². The molecule has 0 atom stereocenters. The molecule has 1 aromatic heterocycles. The molecule has 160 valence electrons. The van der Waals surface area contributed by atoms with Gasteiger partial charge in [-0.2, -0.15) is 0 Å². The van der Waals surface area contributed by atoms with E-state index in [0.717, 1.165) is 12.8 Å². The molecule has 0 bridgehead atoms. The second kappa shape index (κ2) is 11.2. The molecule has 7 nitrogen and oxygen atoms in total. The lowest BCUT2D eigenvalue weighted by molar-refractivity contribution is 0.229. The van der Waals surface area contributed by atoms with Gasteiger partial charge in [0, 0.05) is 5.56 Å². The Kier molecular flexibility index (Phi) is 8.96. The van der Waals surface area contributed by atoms with E-state index in [1.165, 1.54) is 6.07 Å². The van der Waals surface area contributed by atoms with Crippen LogP contribution in [0.5, 0.6) is 11.5 Å². The average Bonchev–Trinajstić information content (AvgIpc) is 2.71. The first-order valence-corrected chi connectivity index (χ1v) is 11.6. The summed E-state index contributed by atoms with van der Waals surface area (Å²) in [5.74, 6) is 1.20. The van der Waals surface area contributed by atoms with Crippen molar-refractivity contribution in [3.05, 3.63) is 40.7 Å². The predicted molar refractivity (Wildman–Crippen MR) is 115 cm³/mol. The normalized spacial score (nSPS) is 11.4. The average molecular weight is 423 g/mol. The van der Waals surface area contributed by atoms with E-state index in [1.807, 2.05) is 32.0 Å². The Hall–Kier alpha value is -2.08. The van der Waals surface area contributed by atoms with Gasteiger partial charge < -0.3 is 23.5 Å². The maximum atomic E-state index is 13.0. The van der Waals surface area contributed by atoms with Crippen molar-refractivity contribution in [1.82, 2.24) is 4.98 Å². The van der Waals surface area contributed by atoms with E-state index >= 15 is 0 Å². The maximum Gasteiger partial charge on any atom is 0.366 e. The number of hydrogen-bond acceptors (Lipinski definition) is 6. The monoisotopic (exact) mass is 423 g/mol. The van der Waals surface area contributed by atoms with Gasteiger partial charge in [0.25, 0.3) is 5.56 Å². The molecule has 0 radical (unpaired) electrons. The molecule has 29 heavy (non-hydrogen) atoms. The van der Waals surface area contributed by atoms with Crippen LogP contribution in [0.1, 0.15) is 40.5 Å². The minimum atomic E-state index is -3.67. The van der Waals surface area contributed by atoms with Crippen LogP contribution in [-0.2, 0) is 13.6 Å². The summed E-state index contributed by atoms with van der Waals surface area (Å²) in [7, 11) is -3.67. The lowest BCUT2D eigenvalue weighted by Gasteiger charge is -2.18. The van der Waals surface area contributed by atoms with E-state index in [1.54, 1.807) is 19.9 Å². The predicted octanol–water partition coefficient (Wildman–Crippen LogP) is 4.51. The molecule has 0 fully saturated rings. The van der Waals surface area contributed by atoms with Gasteiger partial charge in [0.15, 0.2) is 11.5 Å². The maximum absolute atomic E-state index is 13.0. The van der Waals surface area contributed by atoms with Gasteiger partial charge in [0.05, 0.1) is 32.1 Å². The summed E-state index contributed by atoms with van der Waals surface area (Å²) in [6.07, 6.45) is 1.70. The highest BCUT2D eigenvalue weighted by Crippen LogP contribution is 2.46. The van der Waals surface area contributed by atoms with Crippen LogP contribution in [-0.4, -0.2) is 31.4 Å². The number of ether oxygens (including phenoxy) is 2. The topological polar surface area (TPSA) is 86.9 Å². The molecule has 2 aromatic rings. The van der Waals surface area contributed by atoms with Crippen molar-refractivity contribution in [3.63, 3.8) is 0 Å². The van der Waals surface area contributed by atoms with Gasteiger partial charge >= 0.3 is 7.60 Å². The molecule has 1 aromatic carbocycles. The fourth-order valence-corrected chi connectivity index (χ4v) is 4.36. The van der Waals surface area contributed by atoms with E-state index in [0.29, 0.717) is 36.0 Å². The van der Waals surface area contributed by atoms with Crippen molar-refractivity contribution in [1.29, 1.82) is 0 Å². The third kappa shape index (κ3) is 5.72. The highest BCUT2D eigenvalue weighted by Gasteiger charge is 2.30. The van der Waals surface area contributed by atoms with Gasteiger partial charge in [0.2, 0.25) is 0 Å². The molecule has 0 unspecified atom stereocenters. The van der Waals surface area contributed by atoms with E-state index in [9.17, 15) is 9.36 Å². The highest BCUT2D eigenvalue weighted by molar-refractivity contribution is 7.62. The van der Waals surface area contributed by atoms with Crippen LogP contribution in [0, 0.1) is 0 Å². The summed E-state index contributed by atoms with van der Waals surface area (Å²) in [6.45, 7) is 8.88. The number of pyridine rings is 1. The summed E-state index contributed by atoms with van der Waals surface area (Å²) in [5.41, 5.74) is 0.707. The molecule has 1 N–H and O–H groups in total. The minimum Gasteiger partial charge on any atom is -0.490 e. The summed E-state index contributed by atoms with van der Waals surface area (Å²) in [5, 5.41) is -0.0145. The number of rotatable bonds is 12. The minimum absolute atomic E-state index is 0.0145. The highest BCUT2D eigenvalue weighted by atomic mass is 31.2. The second-order valence-electron chi connectivity index (χ2n) is 6.25. The number of aromatic nitrogens is 1. The molecule has 0 aliphatic carbocycles. The van der Waals surface area contributed by atoms with E-state index in [2.05, 4.69) is 4.98 Å². The molecular weight excluding hydrogens is 393 g/mol. The first kappa shape index (κ1) is 23.2. The van der Waals surface area contributed by atoms with E-state index in [-0.39, 0.29) is 18.5 Å². The molecule has 1 heterocycles. The van der Waals surface area contributed by atoms with Gasteiger partial charge in [-0.25, -0.2) is 0 Å². The number of para-hydroxylation sites is 1.